The molecule has 0 saturated heterocycles. The van der Waals surface area contributed by atoms with Gasteiger partial charge in [0.1, 0.15) is 5.54 Å². The molecule has 2 amide bonds. The second kappa shape index (κ2) is 4.18. The minimum atomic E-state index is -0.801. The van der Waals surface area contributed by atoms with Crippen molar-refractivity contribution in [3.8, 4) is 0 Å². The van der Waals surface area contributed by atoms with Crippen LogP contribution in [0.25, 0.3) is 0 Å². The van der Waals surface area contributed by atoms with Crippen LogP contribution in [0.2, 0.25) is 0 Å². The van der Waals surface area contributed by atoms with Gasteiger partial charge in [-0.3, -0.25) is 9.59 Å². The minimum Gasteiger partial charge on any atom is -0.277 e. The molecule has 0 spiro atoms. The third-order valence-electron chi connectivity index (χ3n) is 1.06. The van der Waals surface area contributed by atoms with Gasteiger partial charge < -0.3 is 0 Å². The van der Waals surface area contributed by atoms with E-state index in [1.54, 1.807) is 13.8 Å². The molecule has 0 aromatic rings. The lowest BCUT2D eigenvalue weighted by Gasteiger charge is -2.22. The first-order valence-corrected chi connectivity index (χ1v) is 4.28. The Bertz CT molecular complexity index is 172. The van der Waals surface area contributed by atoms with Crippen molar-refractivity contribution in [1.82, 2.24) is 8.27 Å². The van der Waals surface area contributed by atoms with Crippen LogP contribution in [0.15, 0.2) is 0 Å². The summed E-state index contributed by atoms with van der Waals surface area (Å²) >= 11 is 5.71. The molecule has 0 unspecified atom stereocenters. The summed E-state index contributed by atoms with van der Waals surface area (Å²) in [6.07, 6.45) is 0.397. The standard InChI is InChI=1S/C5H8Br2N2O2/c1-5(2,8-6)4(11)9(7)3-10/h3,8H,1-2H3. The summed E-state index contributed by atoms with van der Waals surface area (Å²) in [5, 5.41) is 0. The first-order valence-electron chi connectivity index (χ1n) is 2.78. The van der Waals surface area contributed by atoms with Gasteiger partial charge in [-0.2, -0.15) is 0 Å². The van der Waals surface area contributed by atoms with E-state index in [0.717, 1.165) is 3.93 Å². The zero-order valence-electron chi connectivity index (χ0n) is 6.10. The van der Waals surface area contributed by atoms with E-state index in [-0.39, 0.29) is 5.91 Å². The summed E-state index contributed by atoms with van der Waals surface area (Å²) in [5.41, 5.74) is -0.801. The number of carbonyl (C=O) groups excluding carboxylic acids is 2. The molecule has 6 heteroatoms. The SMILES string of the molecule is CC(C)(NBr)C(=O)N(Br)C=O. The summed E-state index contributed by atoms with van der Waals surface area (Å²) < 4.78 is 3.40. The fourth-order valence-electron chi connectivity index (χ4n) is 0.355. The van der Waals surface area contributed by atoms with E-state index < -0.39 is 5.54 Å². The highest BCUT2D eigenvalue weighted by Gasteiger charge is 2.29. The van der Waals surface area contributed by atoms with Crippen LogP contribution in [0.5, 0.6) is 0 Å². The Hall–Kier alpha value is 0.0600. The van der Waals surface area contributed by atoms with Gasteiger partial charge in [0.2, 0.25) is 6.41 Å². The molecular weight excluding hydrogens is 280 g/mol. The molecule has 64 valence electrons. The van der Waals surface area contributed by atoms with Gasteiger partial charge in [0.15, 0.2) is 0 Å². The quantitative estimate of drug-likeness (QED) is 0.621. The molecule has 0 rings (SSSR count). The normalized spacial score (nSPS) is 10.9. The molecule has 1 N–H and O–H groups in total. The molecule has 0 heterocycles. The number of halogens is 2. The van der Waals surface area contributed by atoms with Crippen molar-refractivity contribution in [2.75, 3.05) is 0 Å². The second-order valence-corrected chi connectivity index (χ2v) is 3.60. The van der Waals surface area contributed by atoms with Crippen LogP contribution in [0.4, 0.5) is 0 Å². The Morgan fingerprint density at radius 2 is 2.09 bits per heavy atom. The highest BCUT2D eigenvalue weighted by atomic mass is 79.9. The van der Waals surface area contributed by atoms with E-state index in [1.807, 2.05) is 0 Å². The maximum atomic E-state index is 11.2. The van der Waals surface area contributed by atoms with Crippen LogP contribution in [0.3, 0.4) is 0 Å². The van der Waals surface area contributed by atoms with Gasteiger partial charge in [0, 0.05) is 16.1 Å². The average Bonchev–Trinajstić information content (AvgIpc) is 2.01. The maximum Gasteiger partial charge on any atom is 0.259 e. The van der Waals surface area contributed by atoms with Gasteiger partial charge in [0.25, 0.3) is 5.91 Å². The molecule has 0 atom stereocenters. The Balaban J connectivity index is 4.34. The zero-order chi connectivity index (χ0) is 9.07. The van der Waals surface area contributed by atoms with Crippen molar-refractivity contribution in [1.29, 1.82) is 0 Å². The van der Waals surface area contributed by atoms with Crippen LogP contribution in [-0.4, -0.2) is 21.8 Å². The summed E-state index contributed by atoms with van der Waals surface area (Å²) in [4.78, 5) is 21.3. The Morgan fingerprint density at radius 1 is 1.64 bits per heavy atom. The number of rotatable bonds is 3. The van der Waals surface area contributed by atoms with Crippen LogP contribution in [-0.2, 0) is 9.59 Å². The summed E-state index contributed by atoms with van der Waals surface area (Å²) in [5.74, 6) is -0.371. The summed E-state index contributed by atoms with van der Waals surface area (Å²) in [6, 6.07) is 0. The van der Waals surface area contributed by atoms with Gasteiger partial charge in [-0.05, 0) is 13.8 Å². The van der Waals surface area contributed by atoms with Crippen LogP contribution >= 0.6 is 32.3 Å². The molecule has 0 aliphatic heterocycles. The van der Waals surface area contributed by atoms with Crippen molar-refractivity contribution in [2.24, 2.45) is 0 Å². The van der Waals surface area contributed by atoms with E-state index >= 15 is 0 Å². The van der Waals surface area contributed by atoms with Gasteiger partial charge in [-0.25, -0.2) is 8.27 Å². The summed E-state index contributed by atoms with van der Waals surface area (Å²) in [6.45, 7) is 3.28. The Morgan fingerprint density at radius 3 is 2.36 bits per heavy atom. The van der Waals surface area contributed by atoms with Crippen molar-refractivity contribution in [2.45, 2.75) is 19.4 Å². The number of carbonyl (C=O) groups is 2. The third-order valence-corrected chi connectivity index (χ3v) is 2.54. The van der Waals surface area contributed by atoms with E-state index in [1.165, 1.54) is 0 Å². The van der Waals surface area contributed by atoms with Crippen LogP contribution in [0.1, 0.15) is 13.8 Å². The maximum absolute atomic E-state index is 11.2. The largest absolute Gasteiger partial charge is 0.277 e. The number of imide groups is 1. The molecule has 0 aromatic carbocycles. The summed E-state index contributed by atoms with van der Waals surface area (Å²) in [7, 11) is 0. The van der Waals surface area contributed by atoms with E-state index in [9.17, 15) is 9.59 Å². The third kappa shape index (κ3) is 2.88. The molecule has 4 nitrogen and oxygen atoms in total. The molecule has 11 heavy (non-hydrogen) atoms. The van der Waals surface area contributed by atoms with Crippen molar-refractivity contribution in [3.05, 3.63) is 0 Å². The van der Waals surface area contributed by atoms with Crippen LogP contribution in [0, 0.1) is 0 Å². The predicted molar refractivity (Wildman–Crippen MR) is 48.0 cm³/mol. The first kappa shape index (κ1) is 11.1. The molecule has 0 aliphatic rings. The van der Waals surface area contributed by atoms with E-state index in [4.69, 9.17) is 0 Å². The number of hydrogen-bond donors (Lipinski definition) is 1. The smallest absolute Gasteiger partial charge is 0.259 e. The minimum absolute atomic E-state index is 0.371. The lowest BCUT2D eigenvalue weighted by Crippen LogP contribution is -2.47. The monoisotopic (exact) mass is 286 g/mol. The lowest BCUT2D eigenvalue weighted by molar-refractivity contribution is -0.135. The van der Waals surface area contributed by atoms with E-state index in [0.29, 0.717) is 6.41 Å². The number of nitrogens with one attached hydrogen (secondary N) is 1. The Labute approximate surface area is 82.0 Å². The Kier molecular flexibility index (Phi) is 4.20. The molecule has 0 radical (unpaired) electrons. The molecule has 0 saturated carbocycles. The molecule has 0 aromatic heterocycles. The topological polar surface area (TPSA) is 49.4 Å². The molecule has 0 fully saturated rings. The zero-order valence-corrected chi connectivity index (χ0v) is 9.27. The van der Waals surface area contributed by atoms with Crippen molar-refractivity contribution >= 4 is 44.6 Å². The average molecular weight is 288 g/mol. The molecule has 0 aliphatic carbocycles. The highest BCUT2D eigenvalue weighted by molar-refractivity contribution is 9.08. The second-order valence-electron chi connectivity index (χ2n) is 2.44. The van der Waals surface area contributed by atoms with Crippen LogP contribution < -0.4 is 4.34 Å². The molecule has 0 bridgehead atoms. The molecular formula is C5H8Br2N2O2. The number of amides is 2. The fraction of sp³-hybridized carbons (Fsp3) is 0.600. The first-order chi connectivity index (χ1) is 4.95. The van der Waals surface area contributed by atoms with Gasteiger partial charge >= 0.3 is 0 Å². The van der Waals surface area contributed by atoms with Crippen molar-refractivity contribution in [3.63, 3.8) is 0 Å². The van der Waals surface area contributed by atoms with Gasteiger partial charge in [-0.1, -0.05) is 0 Å². The number of nitrogens with zero attached hydrogens (tertiary/aromatic N) is 1. The van der Waals surface area contributed by atoms with E-state index in [2.05, 4.69) is 36.6 Å². The van der Waals surface area contributed by atoms with Gasteiger partial charge in [-0.15, -0.1) is 0 Å². The van der Waals surface area contributed by atoms with Crippen molar-refractivity contribution < 1.29 is 9.59 Å². The number of hydrogen-bond acceptors (Lipinski definition) is 3. The lowest BCUT2D eigenvalue weighted by atomic mass is 10.1. The highest BCUT2D eigenvalue weighted by Crippen LogP contribution is 2.10. The predicted octanol–water partition coefficient (Wildman–Crippen LogP) is 0.959. The van der Waals surface area contributed by atoms with Gasteiger partial charge in [0.05, 0.1) is 16.1 Å². The fourth-order valence-corrected chi connectivity index (χ4v) is 0.968.